The molecular formula is C37H38N4O5S. The standard InChI is InChI=1S/C37H38N4O5S/c1-21-17-23(20-38)3-5-29(21)40-34(42)27-18-28-31(46-15-10-24-11-16-47-33(24)28)19-26(27)25-4-6-30(39-32(25)36(44)45-2)35(43)41-37-12-7-22(8-13-37)9-14-37/h3-6,11,16-19,22H,7-10,12-15,20,38H2,1-2H3,(H,40,42)(H,41,43). The van der Waals surface area contributed by atoms with Crippen LogP contribution >= 0.6 is 11.3 Å². The number of aromatic nitrogens is 1. The van der Waals surface area contributed by atoms with Crippen molar-refractivity contribution in [2.45, 2.75) is 64.0 Å². The molecule has 9 nitrogen and oxygen atoms in total. The van der Waals surface area contributed by atoms with Crippen LogP contribution in [0, 0.1) is 12.8 Å². The van der Waals surface area contributed by atoms with Crippen molar-refractivity contribution < 1.29 is 23.9 Å². The van der Waals surface area contributed by atoms with Gasteiger partial charge in [-0.05, 0) is 110 Å². The summed E-state index contributed by atoms with van der Waals surface area (Å²) in [5.74, 6) is -0.0212. The number of hydrogen-bond acceptors (Lipinski definition) is 8. The molecule has 2 bridgehead atoms. The number of hydrogen-bond donors (Lipinski definition) is 3. The van der Waals surface area contributed by atoms with E-state index in [4.69, 9.17) is 15.2 Å². The minimum Gasteiger partial charge on any atom is -0.493 e. The van der Waals surface area contributed by atoms with Gasteiger partial charge in [0, 0.05) is 51.3 Å². The molecule has 2 aromatic carbocycles. The number of nitrogens with one attached hydrogen (secondary N) is 2. The molecule has 0 unspecified atom stereocenters. The Labute approximate surface area is 277 Å². The Hall–Kier alpha value is -4.54. The van der Waals surface area contributed by atoms with Gasteiger partial charge in [0.05, 0.1) is 13.7 Å². The van der Waals surface area contributed by atoms with E-state index in [1.165, 1.54) is 7.11 Å². The number of fused-ring (bicyclic) bond motifs is 6. The first-order chi connectivity index (χ1) is 22.8. The van der Waals surface area contributed by atoms with Gasteiger partial charge < -0.3 is 25.8 Å². The number of anilines is 1. The van der Waals surface area contributed by atoms with E-state index in [9.17, 15) is 14.4 Å². The summed E-state index contributed by atoms with van der Waals surface area (Å²) in [4.78, 5) is 46.6. The zero-order chi connectivity index (χ0) is 32.7. The lowest BCUT2D eigenvalue weighted by Crippen LogP contribution is -2.53. The maximum absolute atomic E-state index is 14.2. The van der Waals surface area contributed by atoms with Crippen molar-refractivity contribution >= 4 is 34.8 Å². The molecule has 2 aromatic heterocycles. The molecule has 3 aliphatic carbocycles. The molecule has 4 aliphatic rings. The van der Waals surface area contributed by atoms with Gasteiger partial charge in [0.2, 0.25) is 0 Å². The van der Waals surface area contributed by atoms with E-state index in [0.717, 1.165) is 78.0 Å². The molecule has 4 N–H and O–H groups in total. The minimum absolute atomic E-state index is 0.0482. The molecule has 0 radical (unpaired) electrons. The number of aryl methyl sites for hydroxylation is 1. The first kappa shape index (κ1) is 31.1. The molecule has 3 heterocycles. The minimum atomic E-state index is -0.707. The van der Waals surface area contributed by atoms with Crippen LogP contribution in [0.15, 0.2) is 53.9 Å². The van der Waals surface area contributed by atoms with Gasteiger partial charge >= 0.3 is 5.97 Å². The van der Waals surface area contributed by atoms with Crippen LogP contribution in [-0.2, 0) is 17.7 Å². The van der Waals surface area contributed by atoms with Crippen molar-refractivity contribution in [2.24, 2.45) is 11.7 Å². The second-order valence-corrected chi connectivity index (χ2v) is 13.8. The predicted molar refractivity (Wildman–Crippen MR) is 182 cm³/mol. The summed E-state index contributed by atoms with van der Waals surface area (Å²) >= 11 is 1.59. The Morgan fingerprint density at radius 1 is 1.00 bits per heavy atom. The number of carbonyl (C=O) groups is 3. The molecule has 3 fully saturated rings. The summed E-state index contributed by atoms with van der Waals surface area (Å²) in [5, 5.41) is 8.36. The number of thiophene rings is 1. The first-order valence-electron chi connectivity index (χ1n) is 16.2. The van der Waals surface area contributed by atoms with Crippen molar-refractivity contribution in [3.05, 3.63) is 87.6 Å². The van der Waals surface area contributed by atoms with Crippen molar-refractivity contribution in [1.29, 1.82) is 0 Å². The molecule has 0 saturated heterocycles. The van der Waals surface area contributed by atoms with Crippen molar-refractivity contribution in [1.82, 2.24) is 10.3 Å². The highest BCUT2D eigenvalue weighted by Gasteiger charge is 2.41. The van der Waals surface area contributed by atoms with Gasteiger partial charge in [-0.1, -0.05) is 12.1 Å². The predicted octanol–water partition coefficient (Wildman–Crippen LogP) is 6.67. The smallest absolute Gasteiger partial charge is 0.357 e. The lowest BCUT2D eigenvalue weighted by molar-refractivity contribution is 0.0594. The molecule has 4 aromatic rings. The summed E-state index contributed by atoms with van der Waals surface area (Å²) in [5.41, 5.74) is 11.3. The van der Waals surface area contributed by atoms with Crippen LogP contribution < -0.4 is 21.1 Å². The maximum atomic E-state index is 14.2. The summed E-state index contributed by atoms with van der Waals surface area (Å²) in [6, 6.07) is 14.7. The number of amides is 2. The van der Waals surface area contributed by atoms with Gasteiger partial charge in [-0.25, -0.2) is 9.78 Å². The summed E-state index contributed by atoms with van der Waals surface area (Å²) < 4.78 is 11.4. The molecule has 47 heavy (non-hydrogen) atoms. The van der Waals surface area contributed by atoms with E-state index in [1.807, 2.05) is 36.6 Å². The quantitative estimate of drug-likeness (QED) is 0.190. The molecule has 1 aliphatic heterocycles. The van der Waals surface area contributed by atoms with Crippen molar-refractivity contribution in [3.63, 3.8) is 0 Å². The summed E-state index contributed by atoms with van der Waals surface area (Å²) in [7, 11) is 1.28. The normalized spacial score (nSPS) is 19.5. The second-order valence-electron chi connectivity index (χ2n) is 12.9. The second kappa shape index (κ2) is 12.6. The fourth-order valence-electron chi connectivity index (χ4n) is 7.31. The Balaban J connectivity index is 1.32. The average molecular weight is 651 g/mol. The van der Waals surface area contributed by atoms with Crippen LogP contribution in [0.3, 0.4) is 0 Å². The summed E-state index contributed by atoms with van der Waals surface area (Å²) in [6.45, 7) is 2.78. The van der Waals surface area contributed by atoms with Crippen molar-refractivity contribution in [3.8, 4) is 27.3 Å². The SMILES string of the molecule is COC(=O)c1nc(C(=O)NC23CCC(CC2)CC3)ccc1-c1cc2c(cc1C(=O)Nc1ccc(CN)cc1C)-c1sccc1CCO2. The van der Waals surface area contributed by atoms with Gasteiger partial charge in [0.1, 0.15) is 11.4 Å². The Bertz CT molecular complexity index is 1880. The zero-order valence-corrected chi connectivity index (χ0v) is 27.4. The third kappa shape index (κ3) is 5.92. The topological polar surface area (TPSA) is 133 Å². The Kier molecular flexibility index (Phi) is 8.32. The molecule has 0 atom stereocenters. The van der Waals surface area contributed by atoms with E-state index in [0.29, 0.717) is 41.3 Å². The van der Waals surface area contributed by atoms with E-state index in [-0.39, 0.29) is 28.7 Å². The molecule has 242 valence electrons. The number of carbonyl (C=O) groups excluding carboxylic acids is 3. The molecule has 10 heteroatoms. The van der Waals surface area contributed by atoms with Gasteiger partial charge in [-0.3, -0.25) is 9.59 Å². The molecule has 2 amide bonds. The number of pyridine rings is 1. The Morgan fingerprint density at radius 3 is 2.51 bits per heavy atom. The maximum Gasteiger partial charge on any atom is 0.357 e. The number of esters is 1. The van der Waals surface area contributed by atoms with Crippen LogP contribution in [0.2, 0.25) is 0 Å². The van der Waals surface area contributed by atoms with Crippen LogP contribution in [0.5, 0.6) is 5.75 Å². The van der Waals surface area contributed by atoms with E-state index < -0.39 is 5.97 Å². The van der Waals surface area contributed by atoms with Gasteiger partial charge in [-0.2, -0.15) is 0 Å². The van der Waals surface area contributed by atoms with Crippen LogP contribution in [0.4, 0.5) is 5.69 Å². The Morgan fingerprint density at radius 2 is 1.79 bits per heavy atom. The molecule has 0 spiro atoms. The molecule has 3 saturated carbocycles. The lowest BCUT2D eigenvalue weighted by atomic mass is 9.66. The number of benzene rings is 2. The highest BCUT2D eigenvalue weighted by Crippen LogP contribution is 2.45. The lowest BCUT2D eigenvalue weighted by Gasteiger charge is -2.46. The monoisotopic (exact) mass is 650 g/mol. The first-order valence-corrected chi connectivity index (χ1v) is 17.1. The van der Waals surface area contributed by atoms with Crippen LogP contribution in [0.25, 0.3) is 21.6 Å². The van der Waals surface area contributed by atoms with E-state index in [2.05, 4.69) is 21.7 Å². The molecule has 8 rings (SSSR count). The average Bonchev–Trinajstić information content (AvgIpc) is 3.50. The van der Waals surface area contributed by atoms with Gasteiger partial charge in [0.25, 0.3) is 11.8 Å². The van der Waals surface area contributed by atoms with E-state index in [1.54, 1.807) is 29.5 Å². The number of ether oxygens (including phenoxy) is 2. The van der Waals surface area contributed by atoms with Gasteiger partial charge in [0.15, 0.2) is 5.69 Å². The van der Waals surface area contributed by atoms with Crippen LogP contribution in [-0.4, -0.2) is 42.0 Å². The fraction of sp³-hybridized carbons (Fsp3) is 0.351. The van der Waals surface area contributed by atoms with Crippen molar-refractivity contribution in [2.75, 3.05) is 19.0 Å². The number of nitrogens with two attached hydrogens (primary N) is 1. The van der Waals surface area contributed by atoms with E-state index >= 15 is 0 Å². The van der Waals surface area contributed by atoms with Crippen LogP contribution in [0.1, 0.15) is 86.6 Å². The largest absolute Gasteiger partial charge is 0.493 e. The third-order valence-electron chi connectivity index (χ3n) is 10.0. The number of rotatable bonds is 7. The fourth-order valence-corrected chi connectivity index (χ4v) is 8.28. The molecular weight excluding hydrogens is 612 g/mol. The highest BCUT2D eigenvalue weighted by atomic mass is 32.1. The summed E-state index contributed by atoms with van der Waals surface area (Å²) in [6.07, 6.45) is 6.97. The highest BCUT2D eigenvalue weighted by molar-refractivity contribution is 7.13. The zero-order valence-electron chi connectivity index (χ0n) is 26.6. The van der Waals surface area contributed by atoms with Gasteiger partial charge in [-0.15, -0.1) is 11.3 Å². The number of nitrogens with zero attached hydrogens (tertiary/aromatic N) is 1. The third-order valence-corrected chi connectivity index (χ3v) is 11.0. The number of methoxy groups -OCH3 is 1.